The molecule has 3 rings (SSSR count). The third-order valence-corrected chi connectivity index (χ3v) is 6.01. The largest absolute Gasteiger partial charge is 0.497 e. The molecule has 0 bridgehead atoms. The molecule has 0 amide bonds. The zero-order valence-corrected chi connectivity index (χ0v) is 16.9. The quantitative estimate of drug-likeness (QED) is 0.413. The van der Waals surface area contributed by atoms with Crippen LogP contribution in [0, 0.1) is 0 Å². The molecule has 3 aromatic carbocycles. The number of ether oxygens (including phenoxy) is 1. The van der Waals surface area contributed by atoms with Crippen molar-refractivity contribution in [3.05, 3.63) is 74.7 Å². The molecule has 0 unspecified atom stereocenters. The molecular weight excluding hydrogens is 418 g/mol. The maximum absolute atomic E-state index is 6.39. The second-order valence-electron chi connectivity index (χ2n) is 5.17. The van der Waals surface area contributed by atoms with Crippen molar-refractivity contribution in [3.8, 4) is 16.9 Å². The average molecular weight is 430 g/mol. The van der Waals surface area contributed by atoms with Crippen LogP contribution in [0.15, 0.2) is 64.4 Å². The highest BCUT2D eigenvalue weighted by molar-refractivity contribution is 7.99. The van der Waals surface area contributed by atoms with Gasteiger partial charge >= 0.3 is 0 Å². The normalized spacial score (nSPS) is 10.8. The molecule has 0 radical (unpaired) electrons. The van der Waals surface area contributed by atoms with Crippen LogP contribution in [0.5, 0.6) is 5.75 Å². The molecule has 0 heterocycles. The van der Waals surface area contributed by atoms with Crippen LogP contribution in [0.4, 0.5) is 0 Å². The number of halogens is 4. The van der Waals surface area contributed by atoms with Crippen LogP contribution in [-0.2, 0) is 0 Å². The molecule has 0 fully saturated rings. The molecule has 0 aliphatic carbocycles. The highest BCUT2D eigenvalue weighted by Gasteiger charge is 2.14. The smallest absolute Gasteiger partial charge is 0.121 e. The van der Waals surface area contributed by atoms with Crippen LogP contribution in [0.1, 0.15) is 0 Å². The van der Waals surface area contributed by atoms with Crippen molar-refractivity contribution in [3.63, 3.8) is 0 Å². The Kier molecular flexibility index (Phi) is 6.08. The first-order valence-electron chi connectivity index (χ1n) is 7.24. The van der Waals surface area contributed by atoms with Gasteiger partial charge in [-0.25, -0.2) is 0 Å². The molecular formula is C19H12Cl4OS. The van der Waals surface area contributed by atoms with E-state index in [0.717, 1.165) is 20.9 Å². The molecule has 0 saturated carbocycles. The Morgan fingerprint density at radius 1 is 0.800 bits per heavy atom. The van der Waals surface area contributed by atoms with Gasteiger partial charge in [0, 0.05) is 19.8 Å². The van der Waals surface area contributed by atoms with Crippen LogP contribution >= 0.6 is 58.2 Å². The van der Waals surface area contributed by atoms with E-state index in [2.05, 4.69) is 0 Å². The Bertz CT molecular complexity index is 904. The third-order valence-electron chi connectivity index (χ3n) is 3.50. The maximum atomic E-state index is 6.39. The fourth-order valence-corrected chi connectivity index (χ4v) is 4.35. The first-order valence-corrected chi connectivity index (χ1v) is 9.57. The fourth-order valence-electron chi connectivity index (χ4n) is 2.33. The molecule has 3 aromatic rings. The fraction of sp³-hybridized carbons (Fsp3) is 0.0526. The number of rotatable bonds is 4. The minimum absolute atomic E-state index is 0.529. The van der Waals surface area contributed by atoms with E-state index in [4.69, 9.17) is 51.1 Å². The summed E-state index contributed by atoms with van der Waals surface area (Å²) in [5.74, 6) is 0.616. The van der Waals surface area contributed by atoms with E-state index in [1.165, 1.54) is 11.8 Å². The van der Waals surface area contributed by atoms with Gasteiger partial charge in [-0.1, -0.05) is 70.3 Å². The topological polar surface area (TPSA) is 9.23 Å². The van der Waals surface area contributed by atoms with Crippen LogP contribution in [-0.4, -0.2) is 7.11 Å². The Morgan fingerprint density at radius 2 is 1.48 bits per heavy atom. The second kappa shape index (κ2) is 8.11. The van der Waals surface area contributed by atoms with Gasteiger partial charge in [0.2, 0.25) is 0 Å². The highest BCUT2D eigenvalue weighted by Crippen LogP contribution is 2.44. The zero-order valence-electron chi connectivity index (χ0n) is 13.0. The molecule has 6 heteroatoms. The summed E-state index contributed by atoms with van der Waals surface area (Å²) in [5, 5.41) is 2.36. The molecule has 0 aliphatic rings. The summed E-state index contributed by atoms with van der Waals surface area (Å²) >= 11 is 26.6. The SMILES string of the molecule is COc1cc(Cl)c(Sc2ccc(Cl)cc2-c2cccc(Cl)c2)c(Cl)c1. The van der Waals surface area contributed by atoms with Gasteiger partial charge in [-0.05, 0) is 53.6 Å². The molecule has 128 valence electrons. The predicted octanol–water partition coefficient (Wildman–Crippen LogP) is 8.13. The van der Waals surface area contributed by atoms with Crippen molar-refractivity contribution < 1.29 is 4.74 Å². The molecule has 1 nitrogen and oxygen atoms in total. The summed E-state index contributed by atoms with van der Waals surface area (Å²) in [6.45, 7) is 0. The lowest BCUT2D eigenvalue weighted by molar-refractivity contribution is 0.414. The van der Waals surface area contributed by atoms with Gasteiger partial charge in [0.15, 0.2) is 0 Å². The molecule has 0 aromatic heterocycles. The number of methoxy groups -OCH3 is 1. The van der Waals surface area contributed by atoms with Crippen LogP contribution < -0.4 is 4.74 Å². The van der Waals surface area contributed by atoms with Crippen LogP contribution in [0.25, 0.3) is 11.1 Å². The number of hydrogen-bond acceptors (Lipinski definition) is 2. The number of hydrogen-bond donors (Lipinski definition) is 0. The zero-order chi connectivity index (χ0) is 18.0. The van der Waals surface area contributed by atoms with Gasteiger partial charge in [-0.15, -0.1) is 0 Å². The van der Waals surface area contributed by atoms with Crippen LogP contribution in [0.3, 0.4) is 0 Å². The van der Waals surface area contributed by atoms with E-state index in [1.807, 2.05) is 42.5 Å². The predicted molar refractivity (Wildman–Crippen MR) is 109 cm³/mol. The molecule has 0 spiro atoms. The highest BCUT2D eigenvalue weighted by atomic mass is 35.5. The summed E-state index contributed by atoms with van der Waals surface area (Å²) in [7, 11) is 1.57. The molecule has 0 aliphatic heterocycles. The molecule has 0 saturated heterocycles. The number of benzene rings is 3. The standard InChI is InChI=1S/C19H12Cl4OS/c1-24-14-9-16(22)19(17(23)10-14)25-18-6-5-13(21)8-15(18)11-3-2-4-12(20)7-11/h2-10H,1H3. The summed E-state index contributed by atoms with van der Waals surface area (Å²) in [6.07, 6.45) is 0. The molecule has 0 N–H and O–H groups in total. The van der Waals surface area contributed by atoms with Crippen molar-refractivity contribution in [1.82, 2.24) is 0 Å². The second-order valence-corrected chi connectivity index (χ2v) is 7.91. The van der Waals surface area contributed by atoms with E-state index < -0.39 is 0 Å². The van der Waals surface area contributed by atoms with Gasteiger partial charge in [0.25, 0.3) is 0 Å². The van der Waals surface area contributed by atoms with Crippen molar-refractivity contribution in [1.29, 1.82) is 0 Å². The first kappa shape index (κ1) is 18.8. The van der Waals surface area contributed by atoms with Crippen LogP contribution in [0.2, 0.25) is 20.1 Å². The lowest BCUT2D eigenvalue weighted by Crippen LogP contribution is -1.87. The van der Waals surface area contributed by atoms with Gasteiger partial charge in [0.1, 0.15) is 5.75 Å². The molecule has 0 atom stereocenters. The van der Waals surface area contributed by atoms with E-state index in [9.17, 15) is 0 Å². The average Bonchev–Trinajstić information content (AvgIpc) is 2.59. The Labute approximate surface area is 170 Å². The minimum Gasteiger partial charge on any atom is -0.497 e. The third kappa shape index (κ3) is 4.39. The van der Waals surface area contributed by atoms with Crippen molar-refractivity contribution >= 4 is 58.2 Å². The van der Waals surface area contributed by atoms with E-state index in [0.29, 0.717) is 25.8 Å². The molecule has 25 heavy (non-hydrogen) atoms. The Morgan fingerprint density at radius 3 is 2.12 bits per heavy atom. The van der Waals surface area contributed by atoms with Gasteiger partial charge in [-0.3, -0.25) is 0 Å². The van der Waals surface area contributed by atoms with Gasteiger partial charge in [-0.2, -0.15) is 0 Å². The monoisotopic (exact) mass is 428 g/mol. The van der Waals surface area contributed by atoms with Crippen molar-refractivity contribution in [2.45, 2.75) is 9.79 Å². The summed E-state index contributed by atoms with van der Waals surface area (Å²) in [6, 6.07) is 16.8. The lowest BCUT2D eigenvalue weighted by atomic mass is 10.1. The summed E-state index contributed by atoms with van der Waals surface area (Å²) in [4.78, 5) is 1.73. The van der Waals surface area contributed by atoms with E-state index >= 15 is 0 Å². The summed E-state index contributed by atoms with van der Waals surface area (Å²) < 4.78 is 5.19. The van der Waals surface area contributed by atoms with E-state index in [1.54, 1.807) is 19.2 Å². The summed E-state index contributed by atoms with van der Waals surface area (Å²) in [5.41, 5.74) is 1.93. The van der Waals surface area contributed by atoms with Crippen molar-refractivity contribution in [2.75, 3.05) is 7.11 Å². The lowest BCUT2D eigenvalue weighted by Gasteiger charge is -2.13. The maximum Gasteiger partial charge on any atom is 0.121 e. The van der Waals surface area contributed by atoms with Crippen molar-refractivity contribution in [2.24, 2.45) is 0 Å². The Balaban J connectivity index is 2.07. The van der Waals surface area contributed by atoms with Gasteiger partial charge in [0.05, 0.1) is 17.2 Å². The first-order chi connectivity index (χ1) is 12.0. The van der Waals surface area contributed by atoms with Gasteiger partial charge < -0.3 is 4.74 Å². The van der Waals surface area contributed by atoms with E-state index in [-0.39, 0.29) is 0 Å². The Hall–Kier alpha value is -1.03. The minimum atomic E-state index is 0.529.